The number of morpholine rings is 1. The molecule has 0 aliphatic carbocycles. The van der Waals surface area contributed by atoms with Crippen LogP contribution in [0, 0.1) is 5.92 Å². The second kappa shape index (κ2) is 7.50. The van der Waals surface area contributed by atoms with Crippen LogP contribution in [0.1, 0.15) is 19.8 Å². The van der Waals surface area contributed by atoms with E-state index >= 15 is 0 Å². The number of thioether (sulfide) groups is 1. The van der Waals surface area contributed by atoms with Crippen LogP contribution in [0.15, 0.2) is 0 Å². The van der Waals surface area contributed by atoms with Gasteiger partial charge in [0.25, 0.3) is 0 Å². The fourth-order valence-electron chi connectivity index (χ4n) is 3.03. The maximum absolute atomic E-state index is 12.2. The molecule has 110 valence electrons. The fourth-order valence-corrected chi connectivity index (χ4v) is 3.67. The number of ether oxygens (including phenoxy) is 1. The number of nitrogens with zero attached hydrogens (tertiary/aromatic N) is 2. The third-order valence-electron chi connectivity index (χ3n) is 4.18. The van der Waals surface area contributed by atoms with E-state index in [-0.39, 0.29) is 5.92 Å². The molecule has 1 amide bonds. The van der Waals surface area contributed by atoms with Gasteiger partial charge in [0.2, 0.25) is 5.91 Å². The minimum absolute atomic E-state index is 0.162. The zero-order valence-corrected chi connectivity index (χ0v) is 13.0. The van der Waals surface area contributed by atoms with Crippen molar-refractivity contribution < 1.29 is 9.53 Å². The normalized spacial score (nSPS) is 24.4. The lowest BCUT2D eigenvalue weighted by Crippen LogP contribution is -2.50. The van der Waals surface area contributed by atoms with E-state index in [9.17, 15) is 4.79 Å². The van der Waals surface area contributed by atoms with Crippen LogP contribution in [-0.4, -0.2) is 73.2 Å². The van der Waals surface area contributed by atoms with E-state index in [1.54, 1.807) is 11.8 Å². The van der Waals surface area contributed by atoms with Gasteiger partial charge in [0.1, 0.15) is 0 Å². The van der Waals surface area contributed by atoms with Crippen molar-refractivity contribution in [2.75, 3.05) is 51.4 Å². The molecular weight excluding hydrogens is 260 g/mol. The smallest absolute Gasteiger partial charge is 0.226 e. The fraction of sp³-hybridized carbons (Fsp3) is 0.929. The van der Waals surface area contributed by atoms with Crippen molar-refractivity contribution in [2.24, 2.45) is 5.92 Å². The molecule has 2 fully saturated rings. The summed E-state index contributed by atoms with van der Waals surface area (Å²) in [6.07, 6.45) is 4.31. The standard InChI is InChI=1S/C14H26N2O2S/c1-12(11-19-2)14(17)16-5-3-13(4-6-16)15-7-9-18-10-8-15/h12-13H,3-11H2,1-2H3. The summed E-state index contributed by atoms with van der Waals surface area (Å²) in [5.41, 5.74) is 0. The summed E-state index contributed by atoms with van der Waals surface area (Å²) < 4.78 is 5.40. The quantitative estimate of drug-likeness (QED) is 0.780. The van der Waals surface area contributed by atoms with Crippen LogP contribution in [-0.2, 0) is 9.53 Å². The number of likely N-dealkylation sites (tertiary alicyclic amines) is 1. The average Bonchev–Trinajstić information content (AvgIpc) is 2.48. The first kappa shape index (κ1) is 15.1. The van der Waals surface area contributed by atoms with Crippen molar-refractivity contribution in [2.45, 2.75) is 25.8 Å². The van der Waals surface area contributed by atoms with E-state index in [2.05, 4.69) is 16.1 Å². The highest BCUT2D eigenvalue weighted by Gasteiger charge is 2.29. The lowest BCUT2D eigenvalue weighted by atomic mass is 10.0. The number of carbonyl (C=O) groups excluding carboxylic acids is 1. The molecule has 0 radical (unpaired) electrons. The summed E-state index contributed by atoms with van der Waals surface area (Å²) in [6.45, 7) is 7.75. The lowest BCUT2D eigenvalue weighted by Gasteiger charge is -2.40. The number of rotatable bonds is 4. The number of amides is 1. The minimum atomic E-state index is 0.162. The Kier molecular flexibility index (Phi) is 5.98. The maximum Gasteiger partial charge on any atom is 0.226 e. The topological polar surface area (TPSA) is 32.8 Å². The first-order valence-electron chi connectivity index (χ1n) is 7.32. The summed E-state index contributed by atoms with van der Waals surface area (Å²) in [7, 11) is 0. The molecule has 19 heavy (non-hydrogen) atoms. The maximum atomic E-state index is 12.2. The number of hydrogen-bond donors (Lipinski definition) is 0. The van der Waals surface area contributed by atoms with Gasteiger partial charge in [-0.15, -0.1) is 0 Å². The van der Waals surface area contributed by atoms with E-state index in [4.69, 9.17) is 4.74 Å². The van der Waals surface area contributed by atoms with Crippen molar-refractivity contribution in [3.8, 4) is 0 Å². The van der Waals surface area contributed by atoms with E-state index in [0.29, 0.717) is 11.9 Å². The summed E-state index contributed by atoms with van der Waals surface area (Å²) >= 11 is 1.76. The van der Waals surface area contributed by atoms with E-state index in [1.807, 2.05) is 6.92 Å². The van der Waals surface area contributed by atoms with Crippen molar-refractivity contribution in [3.05, 3.63) is 0 Å². The Bertz CT molecular complexity index is 287. The first-order chi connectivity index (χ1) is 9.22. The highest BCUT2D eigenvalue weighted by atomic mass is 32.2. The summed E-state index contributed by atoms with van der Waals surface area (Å²) in [5, 5.41) is 0. The van der Waals surface area contributed by atoms with Gasteiger partial charge < -0.3 is 9.64 Å². The Morgan fingerprint density at radius 3 is 2.47 bits per heavy atom. The summed E-state index contributed by atoms with van der Waals surface area (Å²) in [5.74, 6) is 1.44. The molecule has 4 nitrogen and oxygen atoms in total. The molecule has 0 N–H and O–H groups in total. The number of hydrogen-bond acceptors (Lipinski definition) is 4. The van der Waals surface area contributed by atoms with Gasteiger partial charge in [-0.25, -0.2) is 0 Å². The molecule has 0 aromatic carbocycles. The molecule has 2 aliphatic rings. The largest absolute Gasteiger partial charge is 0.379 e. The number of piperidine rings is 1. The predicted molar refractivity (Wildman–Crippen MR) is 79.5 cm³/mol. The molecule has 2 rings (SSSR count). The SMILES string of the molecule is CSCC(C)C(=O)N1CCC(N2CCOCC2)CC1. The van der Waals surface area contributed by atoms with Crippen LogP contribution >= 0.6 is 11.8 Å². The monoisotopic (exact) mass is 286 g/mol. The van der Waals surface area contributed by atoms with Gasteiger partial charge in [0, 0.05) is 43.9 Å². The molecule has 0 aromatic heterocycles. The Labute approximate surface area is 120 Å². The van der Waals surface area contributed by atoms with Gasteiger partial charge in [-0.1, -0.05) is 6.92 Å². The molecular formula is C14H26N2O2S. The Balaban J connectivity index is 1.76. The van der Waals surface area contributed by atoms with Gasteiger partial charge in [-0.2, -0.15) is 11.8 Å². The highest BCUT2D eigenvalue weighted by Crippen LogP contribution is 2.20. The van der Waals surface area contributed by atoms with Gasteiger partial charge in [0.05, 0.1) is 13.2 Å². The van der Waals surface area contributed by atoms with Crippen molar-refractivity contribution >= 4 is 17.7 Å². The molecule has 1 unspecified atom stereocenters. The Hall–Kier alpha value is -0.260. The van der Waals surface area contributed by atoms with Crippen molar-refractivity contribution in [1.82, 2.24) is 9.80 Å². The van der Waals surface area contributed by atoms with E-state index in [1.165, 1.54) is 0 Å². The third-order valence-corrected chi connectivity index (χ3v) is 5.01. The average molecular weight is 286 g/mol. The molecule has 0 spiro atoms. The predicted octanol–water partition coefficient (Wildman–Crippen LogP) is 1.31. The van der Waals surface area contributed by atoms with Crippen LogP contribution in [0.3, 0.4) is 0 Å². The van der Waals surface area contributed by atoms with E-state index in [0.717, 1.165) is 58.0 Å². The molecule has 0 saturated carbocycles. The first-order valence-corrected chi connectivity index (χ1v) is 8.71. The molecule has 2 aliphatic heterocycles. The summed E-state index contributed by atoms with van der Waals surface area (Å²) in [4.78, 5) is 16.9. The van der Waals surface area contributed by atoms with Crippen LogP contribution in [0.5, 0.6) is 0 Å². The Morgan fingerprint density at radius 1 is 1.26 bits per heavy atom. The van der Waals surface area contributed by atoms with Crippen molar-refractivity contribution in [1.29, 1.82) is 0 Å². The van der Waals surface area contributed by atoms with Gasteiger partial charge >= 0.3 is 0 Å². The second-order valence-electron chi connectivity index (χ2n) is 5.56. The van der Waals surface area contributed by atoms with Crippen LogP contribution in [0.25, 0.3) is 0 Å². The summed E-state index contributed by atoms with van der Waals surface area (Å²) in [6, 6.07) is 0.656. The number of carbonyl (C=O) groups is 1. The molecule has 2 saturated heterocycles. The highest BCUT2D eigenvalue weighted by molar-refractivity contribution is 7.98. The Morgan fingerprint density at radius 2 is 1.89 bits per heavy atom. The van der Waals surface area contributed by atoms with Gasteiger partial charge in [-0.3, -0.25) is 9.69 Å². The van der Waals surface area contributed by atoms with Gasteiger partial charge in [0.15, 0.2) is 0 Å². The van der Waals surface area contributed by atoms with Crippen LogP contribution in [0.4, 0.5) is 0 Å². The molecule has 1 atom stereocenters. The third kappa shape index (κ3) is 4.10. The van der Waals surface area contributed by atoms with E-state index < -0.39 is 0 Å². The zero-order valence-electron chi connectivity index (χ0n) is 12.1. The molecule has 0 bridgehead atoms. The molecule has 2 heterocycles. The van der Waals surface area contributed by atoms with Crippen molar-refractivity contribution in [3.63, 3.8) is 0 Å². The lowest BCUT2D eigenvalue weighted by molar-refractivity contribution is -0.136. The van der Waals surface area contributed by atoms with Crippen LogP contribution in [0.2, 0.25) is 0 Å². The van der Waals surface area contributed by atoms with Crippen LogP contribution < -0.4 is 0 Å². The molecule has 0 aromatic rings. The zero-order chi connectivity index (χ0) is 13.7. The molecule has 5 heteroatoms. The van der Waals surface area contributed by atoms with Gasteiger partial charge in [-0.05, 0) is 19.1 Å². The second-order valence-corrected chi connectivity index (χ2v) is 6.47. The minimum Gasteiger partial charge on any atom is -0.379 e.